The van der Waals surface area contributed by atoms with Crippen molar-refractivity contribution in [1.29, 1.82) is 5.26 Å². The maximum atomic E-state index is 13.5. The fraction of sp³-hybridized carbons (Fsp3) is 0.500. The van der Waals surface area contributed by atoms with E-state index in [1.807, 2.05) is 27.7 Å². The van der Waals surface area contributed by atoms with Gasteiger partial charge in [0, 0.05) is 5.71 Å². The Morgan fingerprint density at radius 1 is 1.16 bits per heavy atom. The van der Waals surface area contributed by atoms with Gasteiger partial charge in [0.25, 0.3) is 0 Å². The molecule has 6 nitrogen and oxygen atoms in total. The summed E-state index contributed by atoms with van der Waals surface area (Å²) in [5.41, 5.74) is -0.829. The Morgan fingerprint density at radius 2 is 1.84 bits per heavy atom. The zero-order valence-corrected chi connectivity index (χ0v) is 21.0. The van der Waals surface area contributed by atoms with Gasteiger partial charge in [0.15, 0.2) is 0 Å². The van der Waals surface area contributed by atoms with Crippen LogP contribution in [-0.2, 0) is 15.7 Å². The summed E-state index contributed by atoms with van der Waals surface area (Å²) in [5.74, 6) is -0.611. The molecule has 2 N–H and O–H groups in total. The summed E-state index contributed by atoms with van der Waals surface area (Å²) in [6.07, 6.45) is -0.556. The molecule has 0 radical (unpaired) electrons. The number of aliphatic imine (C=N–C) groups is 1. The average Bonchev–Trinajstić information content (AvgIpc) is 3.15. The Balaban J connectivity index is 1.74. The number of dihydropyridines is 1. The van der Waals surface area contributed by atoms with Crippen molar-refractivity contribution < 1.29 is 32.9 Å². The number of fused-ring (bicyclic) bond motifs is 3. The highest BCUT2D eigenvalue weighted by Gasteiger charge is 2.59. The molecule has 2 fully saturated rings. The van der Waals surface area contributed by atoms with Crippen LogP contribution >= 0.6 is 0 Å². The topological polar surface area (TPSA) is 95.1 Å². The Labute approximate surface area is 213 Å². The van der Waals surface area contributed by atoms with Crippen molar-refractivity contribution in [3.63, 3.8) is 0 Å². The highest BCUT2D eigenvalue weighted by atomic mass is 19.4. The second-order valence-electron chi connectivity index (χ2n) is 11.1. The molecule has 2 unspecified atom stereocenters. The third kappa shape index (κ3) is 3.94. The highest BCUT2D eigenvalue weighted by molar-refractivity contribution is 5.94. The standard InChI is InChI=1S/C28H29F3N2O4/c1-14(2)22-20-21(19-18(34)12-26(3,4)25(35)23(19)33-22)27(7-9-36-10-8-27)37-24(20)15-5-6-17(28(29,30)31)16(11-15)13-32/h5-11,14,18,20,23-25,34-35H,12H2,1-4H3/t18-,20?,23?,24+,25-/m0/s1. The SMILES string of the molecule is CC(C)C1=NC2C(=C3C1[C@@H](c1ccc(C(F)(F)F)c(C#N)c1)OC31C=COC=C1)[C@@H](O)CC(C)(C)[C@H]2O. The van der Waals surface area contributed by atoms with Crippen molar-refractivity contribution >= 4 is 5.71 Å². The Kier molecular flexibility index (Phi) is 5.94. The molecule has 1 saturated carbocycles. The highest BCUT2D eigenvalue weighted by Crippen LogP contribution is 2.58. The monoisotopic (exact) mass is 514 g/mol. The summed E-state index contributed by atoms with van der Waals surface area (Å²) in [6.45, 7) is 7.71. The second kappa shape index (κ2) is 8.55. The van der Waals surface area contributed by atoms with Gasteiger partial charge in [-0.15, -0.1) is 0 Å². The van der Waals surface area contributed by atoms with E-state index in [0.717, 1.165) is 17.4 Å². The molecule has 1 aliphatic carbocycles. The Hall–Kier alpha value is -2.93. The van der Waals surface area contributed by atoms with E-state index in [4.69, 9.17) is 14.5 Å². The second-order valence-corrected chi connectivity index (χ2v) is 11.1. The van der Waals surface area contributed by atoms with E-state index in [1.54, 1.807) is 18.2 Å². The molecule has 0 bridgehead atoms. The fourth-order valence-corrected chi connectivity index (χ4v) is 6.17. The van der Waals surface area contributed by atoms with E-state index in [9.17, 15) is 28.6 Å². The van der Waals surface area contributed by atoms with Gasteiger partial charge in [0.05, 0.1) is 54.0 Å². The van der Waals surface area contributed by atoms with Crippen LogP contribution < -0.4 is 0 Å². The number of rotatable bonds is 2. The van der Waals surface area contributed by atoms with E-state index in [0.29, 0.717) is 17.6 Å². The minimum Gasteiger partial charge on any atom is -0.473 e. The van der Waals surface area contributed by atoms with Crippen LogP contribution in [0.3, 0.4) is 0 Å². The van der Waals surface area contributed by atoms with Gasteiger partial charge in [-0.2, -0.15) is 18.4 Å². The number of nitrogens with zero attached hydrogens (tertiary/aromatic N) is 2. The first-order valence-electron chi connectivity index (χ1n) is 12.3. The summed E-state index contributed by atoms with van der Waals surface area (Å²) in [5, 5.41) is 32.2. The van der Waals surface area contributed by atoms with E-state index in [2.05, 4.69) is 0 Å². The lowest BCUT2D eigenvalue weighted by Crippen LogP contribution is -2.53. The molecule has 0 aromatic heterocycles. The van der Waals surface area contributed by atoms with Crippen molar-refractivity contribution in [3.8, 4) is 6.07 Å². The minimum absolute atomic E-state index is 0.0881. The van der Waals surface area contributed by atoms with E-state index in [1.165, 1.54) is 24.7 Å². The third-order valence-corrected chi connectivity index (χ3v) is 7.95. The normalized spacial score (nSPS) is 31.6. The van der Waals surface area contributed by atoms with E-state index in [-0.39, 0.29) is 5.92 Å². The van der Waals surface area contributed by atoms with Crippen LogP contribution in [-0.4, -0.2) is 39.8 Å². The van der Waals surface area contributed by atoms with Crippen molar-refractivity contribution in [3.05, 3.63) is 70.7 Å². The van der Waals surface area contributed by atoms with E-state index >= 15 is 0 Å². The summed E-state index contributed by atoms with van der Waals surface area (Å²) in [6, 6.07) is 4.45. The Morgan fingerprint density at radius 3 is 2.43 bits per heavy atom. The predicted molar refractivity (Wildman–Crippen MR) is 129 cm³/mol. The van der Waals surface area contributed by atoms with Gasteiger partial charge in [-0.05, 0) is 58.7 Å². The van der Waals surface area contributed by atoms with Crippen LogP contribution in [0.15, 0.2) is 59.0 Å². The molecule has 4 aliphatic rings. The van der Waals surface area contributed by atoms with E-state index < -0.39 is 58.6 Å². The molecule has 0 amide bonds. The third-order valence-electron chi connectivity index (χ3n) is 7.95. The lowest BCUT2D eigenvalue weighted by atomic mass is 9.63. The molecule has 3 heterocycles. The van der Waals surface area contributed by atoms with Gasteiger partial charge in [0.1, 0.15) is 11.6 Å². The van der Waals surface area contributed by atoms with Crippen molar-refractivity contribution in [1.82, 2.24) is 0 Å². The molecular weight excluding hydrogens is 485 g/mol. The number of alkyl halides is 3. The summed E-state index contributed by atoms with van der Waals surface area (Å²) in [7, 11) is 0. The van der Waals surface area contributed by atoms with Crippen LogP contribution in [0.5, 0.6) is 0 Å². The van der Waals surface area contributed by atoms with Crippen LogP contribution in [0.2, 0.25) is 0 Å². The first-order chi connectivity index (χ1) is 17.3. The van der Waals surface area contributed by atoms with Crippen molar-refractivity contribution in [2.75, 3.05) is 0 Å². The first-order valence-corrected chi connectivity index (χ1v) is 12.3. The molecule has 9 heteroatoms. The van der Waals surface area contributed by atoms with Crippen molar-refractivity contribution in [2.24, 2.45) is 22.2 Å². The number of benzene rings is 1. The van der Waals surface area contributed by atoms with Gasteiger partial charge < -0.3 is 19.7 Å². The largest absolute Gasteiger partial charge is 0.473 e. The van der Waals surface area contributed by atoms with Gasteiger partial charge in [-0.25, -0.2) is 0 Å². The van der Waals surface area contributed by atoms with Gasteiger partial charge >= 0.3 is 6.18 Å². The minimum atomic E-state index is -4.67. The number of aliphatic hydroxyl groups is 2. The maximum absolute atomic E-state index is 13.5. The number of hydrogen-bond donors (Lipinski definition) is 2. The van der Waals surface area contributed by atoms with Crippen LogP contribution in [0, 0.1) is 28.6 Å². The lowest BCUT2D eigenvalue weighted by Gasteiger charge is -2.48. The average molecular weight is 515 g/mol. The zero-order chi connectivity index (χ0) is 26.9. The zero-order valence-electron chi connectivity index (χ0n) is 21.0. The number of aliphatic hydroxyl groups excluding tert-OH is 2. The van der Waals surface area contributed by atoms with Gasteiger partial charge in [-0.3, -0.25) is 4.99 Å². The van der Waals surface area contributed by atoms with Gasteiger partial charge in [0.2, 0.25) is 0 Å². The van der Waals surface area contributed by atoms with Crippen LogP contribution in [0.25, 0.3) is 0 Å². The molecule has 1 aromatic rings. The van der Waals surface area contributed by atoms with Crippen LogP contribution in [0.4, 0.5) is 13.2 Å². The summed E-state index contributed by atoms with van der Waals surface area (Å²) < 4.78 is 52.4. The van der Waals surface area contributed by atoms with Crippen molar-refractivity contribution in [2.45, 2.75) is 70.2 Å². The smallest absolute Gasteiger partial charge is 0.417 e. The summed E-state index contributed by atoms with van der Waals surface area (Å²) in [4.78, 5) is 4.97. The van der Waals surface area contributed by atoms with Gasteiger partial charge in [-0.1, -0.05) is 33.8 Å². The molecule has 1 saturated heterocycles. The quantitative estimate of drug-likeness (QED) is 0.543. The Bertz CT molecular complexity index is 1270. The molecule has 1 spiro atoms. The number of ether oxygens (including phenoxy) is 2. The molecular formula is C28H29F3N2O4. The first kappa shape index (κ1) is 25.7. The lowest BCUT2D eigenvalue weighted by molar-refractivity contribution is -0.137. The maximum Gasteiger partial charge on any atom is 0.417 e. The van der Waals surface area contributed by atoms with Crippen LogP contribution in [0.1, 0.15) is 56.9 Å². The number of halogens is 3. The molecule has 5 rings (SSSR count). The fourth-order valence-electron chi connectivity index (χ4n) is 6.17. The molecule has 3 aliphatic heterocycles. The molecule has 37 heavy (non-hydrogen) atoms. The molecule has 5 atom stereocenters. The number of hydrogen-bond acceptors (Lipinski definition) is 6. The molecule has 196 valence electrons. The number of nitriles is 1. The molecule has 1 aromatic carbocycles. The predicted octanol–water partition coefficient (Wildman–Crippen LogP) is 4.99. The summed E-state index contributed by atoms with van der Waals surface area (Å²) >= 11 is 0.